The zero-order valence-electron chi connectivity index (χ0n) is 11.0. The Kier molecular flexibility index (Phi) is 3.41. The summed E-state index contributed by atoms with van der Waals surface area (Å²) >= 11 is 0. The van der Waals surface area contributed by atoms with E-state index in [-0.39, 0.29) is 6.10 Å². The molecule has 1 unspecified atom stereocenters. The zero-order chi connectivity index (χ0) is 13.2. The van der Waals surface area contributed by atoms with Crippen LogP contribution in [-0.4, -0.2) is 11.8 Å². The average Bonchev–Trinajstić information content (AvgIpc) is 2.27. The fraction of sp³-hybridized carbons (Fsp3) is 0.400. The van der Waals surface area contributed by atoms with E-state index in [4.69, 9.17) is 9.47 Å². The number of fused-ring (bicyclic) bond motifs is 1. The van der Waals surface area contributed by atoms with E-state index >= 15 is 0 Å². The maximum Gasteiger partial charge on any atom is 0.509 e. The molecule has 3 nitrogen and oxygen atoms in total. The smallest absolute Gasteiger partial charge is 0.429 e. The van der Waals surface area contributed by atoms with E-state index in [1.54, 1.807) is 0 Å². The van der Waals surface area contributed by atoms with Crippen molar-refractivity contribution >= 4 is 12.2 Å². The van der Waals surface area contributed by atoms with E-state index in [1.165, 1.54) is 0 Å². The monoisotopic (exact) mass is 246 g/mol. The van der Waals surface area contributed by atoms with Gasteiger partial charge in [-0.1, -0.05) is 36.4 Å². The first-order chi connectivity index (χ1) is 8.46. The van der Waals surface area contributed by atoms with Gasteiger partial charge in [-0.3, -0.25) is 0 Å². The predicted molar refractivity (Wildman–Crippen MR) is 70.2 cm³/mol. The molecule has 18 heavy (non-hydrogen) atoms. The number of carbonyl (C=O) groups is 1. The van der Waals surface area contributed by atoms with Gasteiger partial charge >= 0.3 is 6.16 Å². The lowest BCUT2D eigenvalue weighted by molar-refractivity contribution is -0.0271. The first-order valence-electron chi connectivity index (χ1n) is 6.11. The third kappa shape index (κ3) is 3.13. The number of hydrogen-bond donors (Lipinski definition) is 0. The minimum atomic E-state index is -0.613. The van der Waals surface area contributed by atoms with Crippen LogP contribution in [0.15, 0.2) is 30.3 Å². The van der Waals surface area contributed by atoms with Crippen molar-refractivity contribution < 1.29 is 14.3 Å². The molecule has 0 aliphatic heterocycles. The quantitative estimate of drug-likeness (QED) is 0.700. The first kappa shape index (κ1) is 12.7. The van der Waals surface area contributed by atoms with Gasteiger partial charge in [0.05, 0.1) is 0 Å². The summed E-state index contributed by atoms with van der Waals surface area (Å²) in [5.41, 5.74) is 1.60. The van der Waals surface area contributed by atoms with E-state index in [9.17, 15) is 4.79 Å². The number of carbonyl (C=O) groups excluding carboxylic acids is 1. The van der Waals surface area contributed by atoms with Gasteiger partial charge < -0.3 is 9.47 Å². The number of hydrogen-bond acceptors (Lipinski definition) is 3. The van der Waals surface area contributed by atoms with Crippen LogP contribution in [0.1, 0.15) is 44.4 Å². The van der Waals surface area contributed by atoms with Crippen LogP contribution in [0.4, 0.5) is 4.79 Å². The third-order valence-corrected chi connectivity index (χ3v) is 2.62. The molecule has 0 saturated carbocycles. The molecule has 96 valence electrons. The van der Waals surface area contributed by atoms with E-state index in [0.29, 0.717) is 6.42 Å². The lowest BCUT2D eigenvalue weighted by Gasteiger charge is -2.24. The Morgan fingerprint density at radius 1 is 1.28 bits per heavy atom. The second-order valence-corrected chi connectivity index (χ2v) is 5.34. The summed E-state index contributed by atoms with van der Waals surface area (Å²) in [4.78, 5) is 11.7. The van der Waals surface area contributed by atoms with Crippen LogP contribution in [-0.2, 0) is 9.47 Å². The van der Waals surface area contributed by atoms with Crippen LogP contribution in [0.25, 0.3) is 6.08 Å². The highest BCUT2D eigenvalue weighted by Crippen LogP contribution is 2.31. The van der Waals surface area contributed by atoms with Gasteiger partial charge in [0.25, 0.3) is 0 Å². The minimum Gasteiger partial charge on any atom is -0.429 e. The Hall–Kier alpha value is -1.77. The minimum absolute atomic E-state index is 0.249. The van der Waals surface area contributed by atoms with Gasteiger partial charge in [-0.25, -0.2) is 4.79 Å². The first-order valence-corrected chi connectivity index (χ1v) is 6.11. The molecule has 1 aliphatic rings. The Labute approximate surface area is 107 Å². The summed E-state index contributed by atoms with van der Waals surface area (Å²) in [6.07, 6.45) is 3.89. The van der Waals surface area contributed by atoms with Crippen molar-refractivity contribution in [1.82, 2.24) is 0 Å². The molecule has 1 aromatic carbocycles. The van der Waals surface area contributed by atoms with E-state index in [2.05, 4.69) is 0 Å². The molecular formula is C15H18O3. The summed E-state index contributed by atoms with van der Waals surface area (Å²) in [5, 5.41) is 0. The summed E-state index contributed by atoms with van der Waals surface area (Å²) in [5.74, 6) is 0. The molecular weight excluding hydrogens is 228 g/mol. The van der Waals surface area contributed by atoms with E-state index in [1.807, 2.05) is 57.2 Å². The molecule has 0 N–H and O–H groups in total. The molecule has 2 rings (SSSR count). The molecule has 0 spiro atoms. The topological polar surface area (TPSA) is 35.5 Å². The Morgan fingerprint density at radius 3 is 2.72 bits per heavy atom. The Morgan fingerprint density at radius 2 is 2.00 bits per heavy atom. The molecule has 3 heteroatoms. The Balaban J connectivity index is 2.08. The maximum absolute atomic E-state index is 11.7. The number of ether oxygens (including phenoxy) is 2. The summed E-state index contributed by atoms with van der Waals surface area (Å²) < 4.78 is 10.6. The van der Waals surface area contributed by atoms with Gasteiger partial charge in [-0.15, -0.1) is 0 Å². The summed E-state index contributed by atoms with van der Waals surface area (Å²) in [6, 6.07) is 7.91. The van der Waals surface area contributed by atoms with Gasteiger partial charge in [0.2, 0.25) is 0 Å². The highest BCUT2D eigenvalue weighted by molar-refractivity contribution is 5.63. The second kappa shape index (κ2) is 4.84. The predicted octanol–water partition coefficient (Wildman–Crippen LogP) is 4.10. The van der Waals surface area contributed by atoms with Gasteiger partial charge in [0.1, 0.15) is 11.7 Å². The van der Waals surface area contributed by atoms with Crippen molar-refractivity contribution in [2.24, 2.45) is 0 Å². The van der Waals surface area contributed by atoms with Gasteiger partial charge in [0, 0.05) is 12.0 Å². The summed E-state index contributed by atoms with van der Waals surface area (Å²) in [6.45, 7) is 5.47. The molecule has 0 bridgehead atoms. The van der Waals surface area contributed by atoms with Crippen molar-refractivity contribution in [3.63, 3.8) is 0 Å². The fourth-order valence-corrected chi connectivity index (χ4v) is 1.90. The van der Waals surface area contributed by atoms with Crippen molar-refractivity contribution in [2.45, 2.75) is 38.9 Å². The average molecular weight is 246 g/mol. The van der Waals surface area contributed by atoms with Crippen LogP contribution in [0.2, 0.25) is 0 Å². The molecule has 0 radical (unpaired) electrons. The standard InChI is InChI=1S/C15H18O3/c1-15(2,3)18-14(16)17-13-10-6-8-11-7-4-5-9-12(11)13/h4-9,13H,10H2,1-3H3. The highest BCUT2D eigenvalue weighted by Gasteiger charge is 2.24. The SMILES string of the molecule is CC(C)(C)OC(=O)OC1CC=Cc2ccccc21. The van der Waals surface area contributed by atoms with Crippen molar-refractivity contribution in [3.8, 4) is 0 Å². The largest absolute Gasteiger partial charge is 0.509 e. The van der Waals surface area contributed by atoms with Crippen molar-refractivity contribution in [2.75, 3.05) is 0 Å². The summed E-state index contributed by atoms with van der Waals surface area (Å²) in [7, 11) is 0. The molecule has 1 aliphatic carbocycles. The second-order valence-electron chi connectivity index (χ2n) is 5.34. The van der Waals surface area contributed by atoms with E-state index in [0.717, 1.165) is 11.1 Å². The molecule has 0 saturated heterocycles. The number of rotatable bonds is 1. The molecule has 1 atom stereocenters. The molecule has 0 fully saturated rings. The van der Waals surface area contributed by atoms with Gasteiger partial charge in [-0.05, 0) is 26.3 Å². The molecule has 0 amide bonds. The van der Waals surface area contributed by atoms with Gasteiger partial charge in [0.15, 0.2) is 0 Å². The normalized spacial score (nSPS) is 18.1. The van der Waals surface area contributed by atoms with Crippen LogP contribution in [0, 0.1) is 0 Å². The molecule has 0 aromatic heterocycles. The molecule has 1 aromatic rings. The zero-order valence-corrected chi connectivity index (χ0v) is 11.0. The van der Waals surface area contributed by atoms with Crippen LogP contribution in [0.3, 0.4) is 0 Å². The van der Waals surface area contributed by atoms with E-state index < -0.39 is 11.8 Å². The van der Waals surface area contributed by atoms with Crippen LogP contribution < -0.4 is 0 Å². The third-order valence-electron chi connectivity index (χ3n) is 2.62. The van der Waals surface area contributed by atoms with Crippen molar-refractivity contribution in [1.29, 1.82) is 0 Å². The van der Waals surface area contributed by atoms with Gasteiger partial charge in [-0.2, -0.15) is 0 Å². The number of benzene rings is 1. The lowest BCUT2D eigenvalue weighted by atomic mass is 9.95. The fourth-order valence-electron chi connectivity index (χ4n) is 1.90. The molecule has 0 heterocycles. The van der Waals surface area contributed by atoms with Crippen LogP contribution >= 0.6 is 0 Å². The van der Waals surface area contributed by atoms with Crippen molar-refractivity contribution in [3.05, 3.63) is 41.5 Å². The highest BCUT2D eigenvalue weighted by atomic mass is 16.7. The van der Waals surface area contributed by atoms with Crippen LogP contribution in [0.5, 0.6) is 0 Å². The Bertz CT molecular complexity index is 469. The lowest BCUT2D eigenvalue weighted by Crippen LogP contribution is -2.26. The maximum atomic E-state index is 11.7.